The molecule has 0 atom stereocenters. The Labute approximate surface area is 148 Å². The summed E-state index contributed by atoms with van der Waals surface area (Å²) in [6.45, 7) is 7.36. The van der Waals surface area contributed by atoms with Gasteiger partial charge in [0.05, 0.1) is 17.3 Å². The zero-order valence-corrected chi connectivity index (χ0v) is 14.8. The second-order valence-electron chi connectivity index (χ2n) is 6.56. The molecule has 0 saturated carbocycles. The van der Waals surface area contributed by atoms with Gasteiger partial charge < -0.3 is 4.74 Å². The van der Waals surface area contributed by atoms with E-state index in [1.54, 1.807) is 24.3 Å². The van der Waals surface area contributed by atoms with Gasteiger partial charge in [-0.1, -0.05) is 12.1 Å². The number of nitrogens with one attached hydrogen (secondary N) is 1. The average Bonchev–Trinajstić information content (AvgIpc) is 2.55. The number of nitrogens with zero attached hydrogens (tertiary/aromatic N) is 2. The number of nitriles is 1. The number of carbonyl (C=O) groups excluding carboxylic acids is 1. The molecule has 5 heteroatoms. The lowest BCUT2D eigenvalue weighted by molar-refractivity contribution is 0.0636. The summed E-state index contributed by atoms with van der Waals surface area (Å²) in [5.74, 6) is 0. The van der Waals surface area contributed by atoms with E-state index in [2.05, 4.69) is 16.4 Å². The van der Waals surface area contributed by atoms with E-state index in [4.69, 9.17) is 10.00 Å². The Balaban J connectivity index is 2.06. The average molecular weight is 335 g/mol. The normalized spacial score (nSPS) is 11.6. The van der Waals surface area contributed by atoms with Gasteiger partial charge in [-0.15, -0.1) is 0 Å². The predicted molar refractivity (Wildman–Crippen MR) is 99.3 cm³/mol. The van der Waals surface area contributed by atoms with Crippen molar-refractivity contribution < 1.29 is 9.53 Å². The fourth-order valence-corrected chi connectivity index (χ4v) is 2.08. The maximum absolute atomic E-state index is 11.7. The number of benzene rings is 2. The quantitative estimate of drug-likeness (QED) is 0.798. The first-order valence-corrected chi connectivity index (χ1v) is 7.93. The molecule has 0 radical (unpaired) electrons. The van der Waals surface area contributed by atoms with Crippen molar-refractivity contribution in [2.45, 2.75) is 33.3 Å². The fourth-order valence-electron chi connectivity index (χ4n) is 2.08. The molecule has 2 aromatic rings. The minimum Gasteiger partial charge on any atom is -0.444 e. The first kappa shape index (κ1) is 18.2. The van der Waals surface area contributed by atoms with Gasteiger partial charge in [0, 0.05) is 11.4 Å². The van der Waals surface area contributed by atoms with Crippen molar-refractivity contribution in [3.63, 3.8) is 0 Å². The molecule has 0 aliphatic rings. The molecule has 0 heterocycles. The van der Waals surface area contributed by atoms with Gasteiger partial charge in [0.2, 0.25) is 0 Å². The van der Waals surface area contributed by atoms with E-state index in [1.165, 1.54) is 0 Å². The molecular weight excluding hydrogens is 314 g/mol. The van der Waals surface area contributed by atoms with Crippen molar-refractivity contribution in [3.05, 3.63) is 59.7 Å². The van der Waals surface area contributed by atoms with Gasteiger partial charge in [0.15, 0.2) is 0 Å². The van der Waals surface area contributed by atoms with E-state index in [-0.39, 0.29) is 0 Å². The van der Waals surface area contributed by atoms with Gasteiger partial charge in [0.1, 0.15) is 5.60 Å². The number of hydrogen-bond acceptors (Lipinski definition) is 4. The summed E-state index contributed by atoms with van der Waals surface area (Å²) < 4.78 is 5.21. The SMILES string of the molecule is CC(=Nc1ccc(NC(=O)OC(C)(C)C)cc1)c1ccc(C#N)cc1. The Kier molecular flexibility index (Phi) is 5.56. The number of hydrogen-bond donors (Lipinski definition) is 1. The Bertz CT molecular complexity index is 808. The number of amides is 1. The van der Waals surface area contributed by atoms with Crippen LogP contribution in [0.2, 0.25) is 0 Å². The van der Waals surface area contributed by atoms with Crippen LogP contribution in [0.4, 0.5) is 16.2 Å². The van der Waals surface area contributed by atoms with Crippen molar-refractivity contribution in [1.82, 2.24) is 0 Å². The monoisotopic (exact) mass is 335 g/mol. The second kappa shape index (κ2) is 7.63. The van der Waals surface area contributed by atoms with E-state index >= 15 is 0 Å². The molecule has 0 aliphatic carbocycles. The third kappa shape index (κ3) is 5.78. The Morgan fingerprint density at radius 3 is 2.20 bits per heavy atom. The van der Waals surface area contributed by atoms with E-state index in [1.807, 2.05) is 52.0 Å². The van der Waals surface area contributed by atoms with Crippen molar-refractivity contribution in [2.75, 3.05) is 5.32 Å². The van der Waals surface area contributed by atoms with Gasteiger partial charge in [-0.25, -0.2) is 4.79 Å². The molecule has 1 N–H and O–H groups in total. The van der Waals surface area contributed by atoms with E-state index < -0.39 is 11.7 Å². The van der Waals surface area contributed by atoms with E-state index in [0.29, 0.717) is 11.3 Å². The molecule has 0 bridgehead atoms. The molecule has 0 spiro atoms. The Hall–Kier alpha value is -3.13. The molecule has 1 amide bonds. The van der Waals surface area contributed by atoms with Crippen LogP contribution >= 0.6 is 0 Å². The molecule has 2 aromatic carbocycles. The van der Waals surface area contributed by atoms with Crippen LogP contribution in [0.1, 0.15) is 38.8 Å². The minimum atomic E-state index is -0.535. The van der Waals surface area contributed by atoms with Crippen molar-refractivity contribution in [1.29, 1.82) is 5.26 Å². The lowest BCUT2D eigenvalue weighted by Crippen LogP contribution is -2.27. The van der Waals surface area contributed by atoms with E-state index in [9.17, 15) is 4.79 Å². The molecule has 25 heavy (non-hydrogen) atoms. The molecule has 2 rings (SSSR count). The number of rotatable bonds is 3. The zero-order chi connectivity index (χ0) is 18.4. The van der Waals surface area contributed by atoms with Crippen LogP contribution in [0, 0.1) is 11.3 Å². The number of anilines is 1. The minimum absolute atomic E-state index is 0.488. The summed E-state index contributed by atoms with van der Waals surface area (Å²) in [4.78, 5) is 16.3. The molecule has 5 nitrogen and oxygen atoms in total. The molecule has 0 unspecified atom stereocenters. The highest BCUT2D eigenvalue weighted by atomic mass is 16.6. The molecular formula is C20H21N3O2. The number of ether oxygens (including phenoxy) is 1. The number of aliphatic imine (C=N–C) groups is 1. The molecule has 0 saturated heterocycles. The lowest BCUT2D eigenvalue weighted by atomic mass is 10.1. The van der Waals surface area contributed by atoms with Gasteiger partial charge in [-0.05, 0) is 69.7 Å². The second-order valence-corrected chi connectivity index (χ2v) is 6.56. The highest BCUT2D eigenvalue weighted by molar-refractivity contribution is 6.00. The molecule has 0 aromatic heterocycles. The Morgan fingerprint density at radius 1 is 1.08 bits per heavy atom. The molecule has 128 valence electrons. The third-order valence-electron chi connectivity index (χ3n) is 3.24. The van der Waals surface area contributed by atoms with Crippen molar-refractivity contribution >= 4 is 23.2 Å². The van der Waals surface area contributed by atoms with E-state index in [0.717, 1.165) is 17.0 Å². The highest BCUT2D eigenvalue weighted by Crippen LogP contribution is 2.19. The zero-order valence-electron chi connectivity index (χ0n) is 14.8. The topological polar surface area (TPSA) is 74.5 Å². The summed E-state index contributed by atoms with van der Waals surface area (Å²) in [6.07, 6.45) is -0.488. The summed E-state index contributed by atoms with van der Waals surface area (Å²) in [5.41, 5.74) is 3.30. The van der Waals surface area contributed by atoms with Crippen LogP contribution in [0.5, 0.6) is 0 Å². The van der Waals surface area contributed by atoms with Crippen LogP contribution < -0.4 is 5.32 Å². The van der Waals surface area contributed by atoms with Gasteiger partial charge in [0.25, 0.3) is 0 Å². The first-order valence-electron chi connectivity index (χ1n) is 7.93. The maximum Gasteiger partial charge on any atom is 0.412 e. The predicted octanol–water partition coefficient (Wildman–Crippen LogP) is 5.05. The third-order valence-corrected chi connectivity index (χ3v) is 3.24. The van der Waals surface area contributed by atoms with Gasteiger partial charge in [-0.2, -0.15) is 5.26 Å². The Morgan fingerprint density at radius 2 is 1.68 bits per heavy atom. The smallest absolute Gasteiger partial charge is 0.412 e. The summed E-state index contributed by atoms with van der Waals surface area (Å²) >= 11 is 0. The van der Waals surface area contributed by atoms with Crippen LogP contribution in [0.15, 0.2) is 53.5 Å². The largest absolute Gasteiger partial charge is 0.444 e. The standard InChI is InChI=1S/C20H21N3O2/c1-14(16-7-5-15(13-21)6-8-16)22-17-9-11-18(12-10-17)23-19(24)25-20(2,3)4/h5-12H,1-4H3,(H,23,24). The van der Waals surface area contributed by atoms with Crippen molar-refractivity contribution in [3.8, 4) is 6.07 Å². The fraction of sp³-hybridized carbons (Fsp3) is 0.250. The molecule has 0 aliphatic heterocycles. The van der Waals surface area contributed by atoms with Crippen LogP contribution in [0.3, 0.4) is 0 Å². The first-order chi connectivity index (χ1) is 11.8. The van der Waals surface area contributed by atoms with Crippen LogP contribution in [0.25, 0.3) is 0 Å². The van der Waals surface area contributed by atoms with Crippen LogP contribution in [-0.2, 0) is 4.74 Å². The lowest BCUT2D eigenvalue weighted by Gasteiger charge is -2.19. The summed E-state index contributed by atoms with van der Waals surface area (Å²) in [5, 5.41) is 11.5. The van der Waals surface area contributed by atoms with Gasteiger partial charge in [-0.3, -0.25) is 10.3 Å². The maximum atomic E-state index is 11.7. The summed E-state index contributed by atoms with van der Waals surface area (Å²) in [7, 11) is 0. The molecule has 0 fully saturated rings. The summed E-state index contributed by atoms with van der Waals surface area (Å²) in [6, 6.07) is 16.6. The van der Waals surface area contributed by atoms with Gasteiger partial charge >= 0.3 is 6.09 Å². The number of carbonyl (C=O) groups is 1. The van der Waals surface area contributed by atoms with Crippen LogP contribution in [-0.4, -0.2) is 17.4 Å². The van der Waals surface area contributed by atoms with Crippen molar-refractivity contribution in [2.24, 2.45) is 4.99 Å². The highest BCUT2D eigenvalue weighted by Gasteiger charge is 2.16.